The third-order valence-electron chi connectivity index (χ3n) is 4.47. The van der Waals surface area contributed by atoms with Gasteiger partial charge in [0, 0.05) is 25.4 Å². The van der Waals surface area contributed by atoms with Crippen LogP contribution in [0.4, 0.5) is 5.69 Å². The Bertz CT molecular complexity index is 659. The third kappa shape index (κ3) is 6.24. The van der Waals surface area contributed by atoms with Crippen LogP contribution in [-0.4, -0.2) is 56.2 Å². The molecule has 1 aromatic carbocycles. The Hall–Kier alpha value is -1.18. The molecule has 0 spiro atoms. The highest BCUT2D eigenvalue weighted by atomic mass is 32.2. The molecule has 5 nitrogen and oxygen atoms in total. The van der Waals surface area contributed by atoms with Gasteiger partial charge >= 0.3 is 0 Å². The zero-order valence-corrected chi connectivity index (χ0v) is 16.7. The van der Waals surface area contributed by atoms with Crippen molar-refractivity contribution in [3.05, 3.63) is 29.8 Å². The molecular weight excluding hydrogens is 356 g/mol. The molecule has 0 bridgehead atoms. The maximum atomic E-state index is 11.8. The van der Waals surface area contributed by atoms with E-state index in [1.54, 1.807) is 7.11 Å². The van der Waals surface area contributed by atoms with Crippen molar-refractivity contribution in [2.24, 2.45) is 0 Å². The molecular formula is C18H28N2O3S2. The molecule has 1 aromatic rings. The van der Waals surface area contributed by atoms with Crippen LogP contribution in [0.25, 0.3) is 0 Å². The first-order valence-corrected chi connectivity index (χ1v) is 11.0. The fourth-order valence-electron chi connectivity index (χ4n) is 2.99. The van der Waals surface area contributed by atoms with E-state index in [1.165, 1.54) is 18.4 Å². The molecule has 1 heterocycles. The van der Waals surface area contributed by atoms with E-state index in [9.17, 15) is 8.42 Å². The van der Waals surface area contributed by atoms with Crippen LogP contribution >= 0.6 is 12.2 Å². The van der Waals surface area contributed by atoms with Gasteiger partial charge in [-0.2, -0.15) is 0 Å². The Labute approximate surface area is 156 Å². The molecule has 25 heavy (non-hydrogen) atoms. The topological polar surface area (TPSA) is 58.6 Å². The molecule has 0 unspecified atom stereocenters. The number of benzene rings is 1. The van der Waals surface area contributed by atoms with Crippen LogP contribution in [-0.2, 0) is 21.0 Å². The molecule has 1 atom stereocenters. The van der Waals surface area contributed by atoms with Crippen LogP contribution < -0.4 is 5.32 Å². The van der Waals surface area contributed by atoms with Crippen molar-refractivity contribution in [2.75, 3.05) is 37.1 Å². The normalized spacial score (nSPS) is 18.9. The van der Waals surface area contributed by atoms with Gasteiger partial charge in [-0.15, -0.1) is 0 Å². The molecule has 0 radical (unpaired) electrons. The zero-order chi connectivity index (χ0) is 18.3. The number of hydrogen-bond acceptors (Lipinski definition) is 4. The highest BCUT2D eigenvalue weighted by Gasteiger charge is 2.33. The van der Waals surface area contributed by atoms with E-state index >= 15 is 0 Å². The molecule has 2 rings (SSSR count). The first-order chi connectivity index (χ1) is 11.9. The number of unbranched alkanes of at least 4 members (excludes halogenated alkanes) is 1. The van der Waals surface area contributed by atoms with Crippen LogP contribution in [0, 0.1) is 0 Å². The fraction of sp³-hybridized carbons (Fsp3) is 0.611. The van der Waals surface area contributed by atoms with Crippen molar-refractivity contribution in [3.63, 3.8) is 0 Å². The monoisotopic (exact) mass is 384 g/mol. The van der Waals surface area contributed by atoms with Crippen molar-refractivity contribution in [1.82, 2.24) is 4.90 Å². The smallest absolute Gasteiger partial charge is 0.173 e. The highest BCUT2D eigenvalue weighted by Crippen LogP contribution is 2.20. The maximum absolute atomic E-state index is 11.8. The Morgan fingerprint density at radius 2 is 2.08 bits per heavy atom. The van der Waals surface area contributed by atoms with Crippen molar-refractivity contribution < 1.29 is 13.2 Å². The second-order valence-corrected chi connectivity index (χ2v) is 9.09. The van der Waals surface area contributed by atoms with Gasteiger partial charge in [0.15, 0.2) is 14.9 Å². The molecule has 1 N–H and O–H groups in total. The summed E-state index contributed by atoms with van der Waals surface area (Å²) in [6.45, 7) is 3.28. The largest absolute Gasteiger partial charge is 0.383 e. The van der Waals surface area contributed by atoms with Gasteiger partial charge in [0.1, 0.15) is 0 Å². The van der Waals surface area contributed by atoms with E-state index in [1.807, 2.05) is 17.0 Å². The van der Waals surface area contributed by atoms with Crippen LogP contribution in [0.1, 0.15) is 31.7 Å². The maximum Gasteiger partial charge on any atom is 0.173 e. The Kier molecular flexibility index (Phi) is 7.65. The van der Waals surface area contributed by atoms with E-state index < -0.39 is 9.84 Å². The summed E-state index contributed by atoms with van der Waals surface area (Å²) in [5.41, 5.74) is 2.24. The van der Waals surface area contributed by atoms with E-state index in [0.717, 1.165) is 12.1 Å². The van der Waals surface area contributed by atoms with Gasteiger partial charge in [0.05, 0.1) is 18.1 Å². The summed E-state index contributed by atoms with van der Waals surface area (Å²) < 4.78 is 28.8. The number of aryl methyl sites for hydroxylation is 1. The summed E-state index contributed by atoms with van der Waals surface area (Å²) in [6, 6.07) is 8.19. The van der Waals surface area contributed by atoms with Crippen LogP contribution in [0.2, 0.25) is 0 Å². The molecule has 1 aliphatic heterocycles. The van der Waals surface area contributed by atoms with Gasteiger partial charge in [-0.1, -0.05) is 25.5 Å². The number of anilines is 1. The van der Waals surface area contributed by atoms with Crippen molar-refractivity contribution in [2.45, 2.75) is 38.6 Å². The molecule has 0 aliphatic carbocycles. The number of methoxy groups -OCH3 is 1. The number of hydrogen-bond donors (Lipinski definition) is 1. The lowest BCUT2D eigenvalue weighted by Gasteiger charge is -2.30. The minimum Gasteiger partial charge on any atom is -0.383 e. The first-order valence-electron chi connectivity index (χ1n) is 8.81. The van der Waals surface area contributed by atoms with E-state index in [-0.39, 0.29) is 17.5 Å². The number of nitrogens with one attached hydrogen (secondary N) is 1. The Morgan fingerprint density at radius 3 is 2.64 bits per heavy atom. The third-order valence-corrected chi connectivity index (χ3v) is 6.56. The van der Waals surface area contributed by atoms with Crippen molar-refractivity contribution in [1.29, 1.82) is 0 Å². The van der Waals surface area contributed by atoms with Gasteiger partial charge in [0.2, 0.25) is 0 Å². The average molecular weight is 385 g/mol. The van der Waals surface area contributed by atoms with E-state index in [2.05, 4.69) is 24.4 Å². The first kappa shape index (κ1) is 20.1. The van der Waals surface area contributed by atoms with Gasteiger partial charge in [-0.25, -0.2) is 8.42 Å². The highest BCUT2D eigenvalue weighted by molar-refractivity contribution is 7.91. The Balaban J connectivity index is 2.01. The summed E-state index contributed by atoms with van der Waals surface area (Å²) in [5.74, 6) is 0.393. The quantitative estimate of drug-likeness (QED) is 0.696. The second kappa shape index (κ2) is 9.50. The summed E-state index contributed by atoms with van der Waals surface area (Å²) in [6.07, 6.45) is 4.07. The molecule has 0 saturated carbocycles. The Morgan fingerprint density at radius 1 is 1.36 bits per heavy atom. The van der Waals surface area contributed by atoms with Gasteiger partial charge in [-0.3, -0.25) is 0 Å². The predicted octanol–water partition coefficient (Wildman–Crippen LogP) is 2.86. The summed E-state index contributed by atoms with van der Waals surface area (Å²) in [5, 5.41) is 3.80. The number of thiocarbonyl (C=S) groups is 1. The predicted molar refractivity (Wildman–Crippen MR) is 107 cm³/mol. The fourth-order valence-corrected chi connectivity index (χ4v) is 5.08. The van der Waals surface area contributed by atoms with Gasteiger partial charge in [-0.05, 0) is 49.2 Å². The van der Waals surface area contributed by atoms with Crippen LogP contribution in [0.5, 0.6) is 0 Å². The molecule has 7 heteroatoms. The number of ether oxygens (including phenoxy) is 1. The minimum atomic E-state index is -2.96. The molecule has 1 aliphatic rings. The summed E-state index contributed by atoms with van der Waals surface area (Å²) in [7, 11) is -1.32. The van der Waals surface area contributed by atoms with E-state index in [0.29, 0.717) is 24.7 Å². The summed E-state index contributed by atoms with van der Waals surface area (Å²) >= 11 is 5.55. The molecule has 0 amide bonds. The van der Waals surface area contributed by atoms with Crippen LogP contribution in [0.3, 0.4) is 0 Å². The minimum absolute atomic E-state index is 0.0797. The number of nitrogens with zero attached hydrogens (tertiary/aromatic N) is 1. The lowest BCUT2D eigenvalue weighted by atomic mass is 10.1. The second-order valence-electron chi connectivity index (χ2n) is 6.47. The van der Waals surface area contributed by atoms with Gasteiger partial charge in [0.25, 0.3) is 0 Å². The SMILES string of the molecule is CCCCc1ccc(NC(=S)N(CCOC)[C@H]2CCS(=O)(=O)C2)cc1. The van der Waals surface area contributed by atoms with Crippen molar-refractivity contribution >= 4 is 32.9 Å². The molecule has 1 fully saturated rings. The van der Waals surface area contributed by atoms with E-state index in [4.69, 9.17) is 17.0 Å². The standard InChI is InChI=1S/C18H28N2O3S2/c1-3-4-5-15-6-8-16(9-7-15)19-18(24)20(11-12-23-2)17-10-13-25(21,22)14-17/h6-9,17H,3-5,10-14H2,1-2H3,(H,19,24)/t17-/m0/s1. The van der Waals surface area contributed by atoms with Gasteiger partial charge < -0.3 is 15.0 Å². The number of sulfone groups is 1. The lowest BCUT2D eigenvalue weighted by Crippen LogP contribution is -2.45. The number of rotatable bonds is 8. The molecule has 0 aromatic heterocycles. The zero-order valence-electron chi connectivity index (χ0n) is 15.0. The lowest BCUT2D eigenvalue weighted by molar-refractivity contribution is 0.166. The summed E-state index contributed by atoms with van der Waals surface area (Å²) in [4.78, 5) is 1.95. The van der Waals surface area contributed by atoms with Crippen molar-refractivity contribution in [3.8, 4) is 0 Å². The van der Waals surface area contributed by atoms with Crippen LogP contribution in [0.15, 0.2) is 24.3 Å². The molecule has 1 saturated heterocycles. The average Bonchev–Trinajstić information content (AvgIpc) is 2.94. The molecule has 140 valence electrons.